The van der Waals surface area contributed by atoms with Gasteiger partial charge in [0.1, 0.15) is 0 Å². The molecule has 0 aliphatic carbocycles. The standard InChI is InChI=1S/C13H27N3O/c1-11(10-16-8-6-5-7-9-16)14-12(17)15-13(2,3)4/h11H,5-10H2,1-4H3,(H2,14,15,17). The van der Waals surface area contributed by atoms with Crippen LogP contribution in [-0.4, -0.2) is 42.1 Å². The van der Waals surface area contributed by atoms with E-state index in [1.54, 1.807) is 0 Å². The molecule has 2 N–H and O–H groups in total. The Morgan fingerprint density at radius 3 is 2.35 bits per heavy atom. The Morgan fingerprint density at radius 1 is 1.24 bits per heavy atom. The molecule has 1 aliphatic heterocycles. The SMILES string of the molecule is CC(CN1CCCCC1)NC(=O)NC(C)(C)C. The molecule has 1 atom stereocenters. The first-order valence-corrected chi connectivity index (χ1v) is 6.68. The molecule has 1 saturated heterocycles. The van der Waals surface area contributed by atoms with Crippen LogP contribution in [0.25, 0.3) is 0 Å². The molecule has 1 unspecified atom stereocenters. The summed E-state index contributed by atoms with van der Waals surface area (Å²) in [5.74, 6) is 0. The Labute approximate surface area is 105 Å². The van der Waals surface area contributed by atoms with Crippen LogP contribution in [0.2, 0.25) is 0 Å². The molecule has 4 nitrogen and oxygen atoms in total. The van der Waals surface area contributed by atoms with Gasteiger partial charge in [0, 0.05) is 18.1 Å². The summed E-state index contributed by atoms with van der Waals surface area (Å²) in [7, 11) is 0. The minimum Gasteiger partial charge on any atom is -0.334 e. The summed E-state index contributed by atoms with van der Waals surface area (Å²) >= 11 is 0. The van der Waals surface area contributed by atoms with Crippen molar-refractivity contribution >= 4 is 6.03 Å². The Hall–Kier alpha value is -0.770. The first-order valence-electron chi connectivity index (χ1n) is 6.68. The van der Waals surface area contributed by atoms with E-state index < -0.39 is 0 Å². The lowest BCUT2D eigenvalue weighted by molar-refractivity contribution is 0.200. The summed E-state index contributed by atoms with van der Waals surface area (Å²) < 4.78 is 0. The maximum Gasteiger partial charge on any atom is 0.315 e. The van der Waals surface area contributed by atoms with Crippen molar-refractivity contribution in [2.75, 3.05) is 19.6 Å². The van der Waals surface area contributed by atoms with Crippen molar-refractivity contribution in [3.05, 3.63) is 0 Å². The summed E-state index contributed by atoms with van der Waals surface area (Å²) in [6, 6.07) is 0.137. The maximum atomic E-state index is 11.7. The lowest BCUT2D eigenvalue weighted by Gasteiger charge is -2.30. The van der Waals surface area contributed by atoms with E-state index in [-0.39, 0.29) is 17.6 Å². The minimum atomic E-state index is -0.172. The first kappa shape index (κ1) is 14.3. The Morgan fingerprint density at radius 2 is 1.82 bits per heavy atom. The van der Waals surface area contributed by atoms with Crippen LogP contribution in [0.15, 0.2) is 0 Å². The van der Waals surface area contributed by atoms with Gasteiger partial charge >= 0.3 is 6.03 Å². The Bertz CT molecular complexity index is 242. The summed E-state index contributed by atoms with van der Waals surface area (Å²) in [5.41, 5.74) is -0.172. The molecular formula is C13H27N3O. The quantitative estimate of drug-likeness (QED) is 0.793. The van der Waals surface area contributed by atoms with Gasteiger partial charge in [-0.15, -0.1) is 0 Å². The van der Waals surface area contributed by atoms with Gasteiger partial charge in [0.15, 0.2) is 0 Å². The highest BCUT2D eigenvalue weighted by atomic mass is 16.2. The van der Waals surface area contributed by atoms with Crippen LogP contribution < -0.4 is 10.6 Å². The van der Waals surface area contributed by atoms with E-state index in [0.717, 1.165) is 6.54 Å². The number of piperidine rings is 1. The van der Waals surface area contributed by atoms with Gasteiger partial charge in [0.05, 0.1) is 0 Å². The van der Waals surface area contributed by atoms with Crippen LogP contribution in [-0.2, 0) is 0 Å². The van der Waals surface area contributed by atoms with Gasteiger partial charge in [-0.05, 0) is 53.6 Å². The van der Waals surface area contributed by atoms with E-state index in [1.807, 2.05) is 20.8 Å². The average molecular weight is 241 g/mol. The molecule has 1 aliphatic rings. The molecule has 4 heteroatoms. The van der Waals surface area contributed by atoms with E-state index >= 15 is 0 Å². The third kappa shape index (κ3) is 6.51. The van der Waals surface area contributed by atoms with Gasteiger partial charge in [-0.3, -0.25) is 0 Å². The molecule has 17 heavy (non-hydrogen) atoms. The van der Waals surface area contributed by atoms with Crippen molar-refractivity contribution in [2.45, 2.75) is 58.5 Å². The van der Waals surface area contributed by atoms with Gasteiger partial charge in [-0.25, -0.2) is 4.79 Å². The molecule has 2 amide bonds. The average Bonchev–Trinajstić information content (AvgIpc) is 2.15. The summed E-state index contributed by atoms with van der Waals surface area (Å²) in [4.78, 5) is 14.1. The highest BCUT2D eigenvalue weighted by molar-refractivity contribution is 5.74. The molecule has 1 heterocycles. The Kier molecular flexibility index (Phi) is 5.25. The Balaban J connectivity index is 2.23. The van der Waals surface area contributed by atoms with E-state index in [1.165, 1.54) is 32.4 Å². The summed E-state index contributed by atoms with van der Waals surface area (Å²) in [6.45, 7) is 11.3. The van der Waals surface area contributed by atoms with Crippen molar-refractivity contribution in [2.24, 2.45) is 0 Å². The van der Waals surface area contributed by atoms with Crippen LogP contribution >= 0.6 is 0 Å². The number of nitrogens with one attached hydrogen (secondary N) is 2. The van der Waals surface area contributed by atoms with E-state index in [2.05, 4.69) is 22.5 Å². The largest absolute Gasteiger partial charge is 0.334 e. The van der Waals surface area contributed by atoms with Gasteiger partial charge in [0.2, 0.25) is 0 Å². The van der Waals surface area contributed by atoms with E-state index in [0.29, 0.717) is 0 Å². The number of carbonyl (C=O) groups excluding carboxylic acids is 1. The van der Waals surface area contributed by atoms with Crippen molar-refractivity contribution in [1.82, 2.24) is 15.5 Å². The highest BCUT2D eigenvalue weighted by Crippen LogP contribution is 2.08. The molecule has 0 saturated carbocycles. The molecule has 0 aromatic heterocycles. The topological polar surface area (TPSA) is 44.4 Å². The second-order valence-corrected chi connectivity index (χ2v) is 6.11. The van der Waals surface area contributed by atoms with Crippen LogP contribution in [0.1, 0.15) is 47.0 Å². The van der Waals surface area contributed by atoms with Gasteiger partial charge in [-0.2, -0.15) is 0 Å². The van der Waals surface area contributed by atoms with Gasteiger partial charge in [0.25, 0.3) is 0 Å². The molecule has 100 valence electrons. The minimum absolute atomic E-state index is 0.0676. The van der Waals surface area contributed by atoms with Crippen LogP contribution in [0.4, 0.5) is 4.79 Å². The van der Waals surface area contributed by atoms with Gasteiger partial charge in [-0.1, -0.05) is 6.42 Å². The van der Waals surface area contributed by atoms with Crippen molar-refractivity contribution in [3.8, 4) is 0 Å². The summed E-state index contributed by atoms with van der Waals surface area (Å²) in [6.07, 6.45) is 3.94. The highest BCUT2D eigenvalue weighted by Gasteiger charge is 2.17. The number of hydrogen-bond acceptors (Lipinski definition) is 2. The molecule has 1 fully saturated rings. The molecular weight excluding hydrogens is 214 g/mol. The van der Waals surface area contributed by atoms with Crippen LogP contribution in [0.3, 0.4) is 0 Å². The van der Waals surface area contributed by atoms with Crippen LogP contribution in [0, 0.1) is 0 Å². The normalized spacial score (nSPS) is 19.8. The zero-order chi connectivity index (χ0) is 12.9. The van der Waals surface area contributed by atoms with Crippen molar-refractivity contribution in [3.63, 3.8) is 0 Å². The fourth-order valence-electron chi connectivity index (χ4n) is 2.18. The fraction of sp³-hybridized carbons (Fsp3) is 0.923. The predicted molar refractivity (Wildman–Crippen MR) is 71.2 cm³/mol. The number of amides is 2. The molecule has 0 aromatic carbocycles. The number of urea groups is 1. The lowest BCUT2D eigenvalue weighted by Crippen LogP contribution is -2.51. The van der Waals surface area contributed by atoms with Crippen molar-refractivity contribution < 1.29 is 4.79 Å². The van der Waals surface area contributed by atoms with E-state index in [9.17, 15) is 4.79 Å². The lowest BCUT2D eigenvalue weighted by atomic mass is 10.1. The number of nitrogens with zero attached hydrogens (tertiary/aromatic N) is 1. The monoisotopic (exact) mass is 241 g/mol. The number of carbonyl (C=O) groups is 1. The molecule has 0 aromatic rings. The third-order valence-electron chi connectivity index (χ3n) is 2.85. The predicted octanol–water partition coefficient (Wildman–Crippen LogP) is 1.96. The summed E-state index contributed by atoms with van der Waals surface area (Å²) in [5, 5.41) is 5.91. The molecule has 0 radical (unpaired) electrons. The zero-order valence-corrected chi connectivity index (χ0v) is 11.7. The second-order valence-electron chi connectivity index (χ2n) is 6.11. The molecule has 0 spiro atoms. The maximum absolute atomic E-state index is 11.7. The second kappa shape index (κ2) is 6.24. The smallest absolute Gasteiger partial charge is 0.315 e. The van der Waals surface area contributed by atoms with E-state index in [4.69, 9.17) is 0 Å². The fourth-order valence-corrected chi connectivity index (χ4v) is 2.18. The number of rotatable bonds is 3. The van der Waals surface area contributed by atoms with Crippen molar-refractivity contribution in [1.29, 1.82) is 0 Å². The van der Waals surface area contributed by atoms with Gasteiger partial charge < -0.3 is 15.5 Å². The molecule has 1 rings (SSSR count). The molecule has 0 bridgehead atoms. The zero-order valence-electron chi connectivity index (χ0n) is 11.7. The first-order chi connectivity index (χ1) is 7.87. The third-order valence-corrected chi connectivity index (χ3v) is 2.85. The number of hydrogen-bond donors (Lipinski definition) is 2. The van der Waals surface area contributed by atoms with Crippen LogP contribution in [0.5, 0.6) is 0 Å². The number of likely N-dealkylation sites (tertiary alicyclic amines) is 1.